The van der Waals surface area contributed by atoms with E-state index < -0.39 is 6.10 Å². The number of hydrogen-bond acceptors (Lipinski definition) is 3. The molecule has 0 fully saturated rings. The number of carbonyl (C=O) groups is 1. The van der Waals surface area contributed by atoms with E-state index in [9.17, 15) is 4.79 Å². The van der Waals surface area contributed by atoms with Crippen molar-refractivity contribution in [3.8, 4) is 5.75 Å². The van der Waals surface area contributed by atoms with Crippen LogP contribution in [0, 0.1) is 13.8 Å². The van der Waals surface area contributed by atoms with Gasteiger partial charge < -0.3 is 10.1 Å². The summed E-state index contributed by atoms with van der Waals surface area (Å²) >= 11 is 0. The molecule has 122 valence electrons. The predicted octanol–water partition coefficient (Wildman–Crippen LogP) is 4.26. The molecule has 1 N–H and O–H groups in total. The number of aromatic nitrogens is 1. The normalized spacial score (nSPS) is 12.0. The highest BCUT2D eigenvalue weighted by Gasteiger charge is 2.16. The van der Waals surface area contributed by atoms with E-state index in [0.717, 1.165) is 22.0 Å². The molecule has 3 aromatic rings. The monoisotopic (exact) mass is 320 g/mol. The molecular formula is C20H20N2O2. The summed E-state index contributed by atoms with van der Waals surface area (Å²) in [4.78, 5) is 16.8. The van der Waals surface area contributed by atoms with Crippen LogP contribution in [0.15, 0.2) is 54.7 Å². The highest BCUT2D eigenvalue weighted by Crippen LogP contribution is 2.22. The lowest BCUT2D eigenvalue weighted by Crippen LogP contribution is -2.30. The van der Waals surface area contributed by atoms with Gasteiger partial charge >= 0.3 is 0 Å². The van der Waals surface area contributed by atoms with Crippen LogP contribution in [0.4, 0.5) is 5.69 Å². The van der Waals surface area contributed by atoms with Gasteiger partial charge in [-0.1, -0.05) is 24.3 Å². The van der Waals surface area contributed by atoms with Crippen molar-refractivity contribution in [1.29, 1.82) is 0 Å². The van der Waals surface area contributed by atoms with Crippen molar-refractivity contribution in [2.24, 2.45) is 0 Å². The van der Waals surface area contributed by atoms with Crippen molar-refractivity contribution in [1.82, 2.24) is 4.98 Å². The largest absolute Gasteiger partial charge is 0.481 e. The summed E-state index contributed by atoms with van der Waals surface area (Å²) in [6.45, 7) is 5.75. The van der Waals surface area contributed by atoms with Crippen LogP contribution in [0.3, 0.4) is 0 Å². The van der Waals surface area contributed by atoms with Crippen molar-refractivity contribution < 1.29 is 9.53 Å². The van der Waals surface area contributed by atoms with Crippen molar-refractivity contribution in [3.63, 3.8) is 0 Å². The Morgan fingerprint density at radius 1 is 1.08 bits per heavy atom. The number of amides is 1. The maximum atomic E-state index is 12.5. The van der Waals surface area contributed by atoms with Gasteiger partial charge in [0.05, 0.1) is 11.2 Å². The van der Waals surface area contributed by atoms with Gasteiger partial charge in [0.2, 0.25) is 0 Å². The van der Waals surface area contributed by atoms with E-state index in [-0.39, 0.29) is 5.91 Å². The van der Waals surface area contributed by atoms with Crippen molar-refractivity contribution in [3.05, 3.63) is 65.9 Å². The summed E-state index contributed by atoms with van der Waals surface area (Å²) in [5.74, 6) is 0.499. The van der Waals surface area contributed by atoms with E-state index in [1.807, 2.05) is 56.3 Å². The van der Waals surface area contributed by atoms with Gasteiger partial charge in [0.1, 0.15) is 5.75 Å². The zero-order valence-corrected chi connectivity index (χ0v) is 14.0. The Morgan fingerprint density at radius 2 is 1.79 bits per heavy atom. The second-order valence-electron chi connectivity index (χ2n) is 5.95. The molecule has 0 unspecified atom stereocenters. The average Bonchev–Trinajstić information content (AvgIpc) is 2.54. The lowest BCUT2D eigenvalue weighted by Gasteiger charge is -2.16. The summed E-state index contributed by atoms with van der Waals surface area (Å²) in [5, 5.41) is 3.89. The Morgan fingerprint density at radius 3 is 2.54 bits per heavy atom. The standard InChI is InChI=1S/C20H20N2O2/c1-13-10-14(2)12-17(11-13)24-15(3)20(23)22-18-8-4-6-16-7-5-9-21-19(16)18/h4-12,15H,1-3H3,(H,22,23)/t15-/m0/s1. The van der Waals surface area contributed by atoms with Crippen molar-refractivity contribution in [2.75, 3.05) is 5.32 Å². The third-order valence-corrected chi connectivity index (χ3v) is 3.77. The summed E-state index contributed by atoms with van der Waals surface area (Å²) in [6.07, 6.45) is 1.11. The first-order valence-corrected chi connectivity index (χ1v) is 7.92. The molecule has 0 aliphatic carbocycles. The fourth-order valence-electron chi connectivity index (χ4n) is 2.70. The number of benzene rings is 2. The smallest absolute Gasteiger partial charge is 0.265 e. The molecule has 1 aromatic heterocycles. The predicted molar refractivity (Wildman–Crippen MR) is 96.4 cm³/mol. The fourth-order valence-corrected chi connectivity index (χ4v) is 2.70. The minimum Gasteiger partial charge on any atom is -0.481 e. The van der Waals surface area contributed by atoms with Crippen molar-refractivity contribution >= 4 is 22.5 Å². The first kappa shape index (κ1) is 16.0. The van der Waals surface area contributed by atoms with E-state index in [1.54, 1.807) is 13.1 Å². The number of fused-ring (bicyclic) bond motifs is 1. The maximum Gasteiger partial charge on any atom is 0.265 e. The van der Waals surface area contributed by atoms with Gasteiger partial charge in [0.25, 0.3) is 5.91 Å². The first-order chi connectivity index (χ1) is 11.5. The van der Waals surface area contributed by atoms with E-state index in [2.05, 4.69) is 16.4 Å². The van der Waals surface area contributed by atoms with Gasteiger partial charge in [-0.25, -0.2) is 0 Å². The summed E-state index contributed by atoms with van der Waals surface area (Å²) in [7, 11) is 0. The molecule has 0 aliphatic rings. The number of pyridine rings is 1. The molecule has 0 radical (unpaired) electrons. The molecule has 2 aromatic carbocycles. The van der Waals surface area contributed by atoms with E-state index in [0.29, 0.717) is 11.4 Å². The Bertz CT molecular complexity index is 864. The molecule has 0 saturated heterocycles. The molecule has 3 rings (SSSR count). The number of aryl methyl sites for hydroxylation is 2. The quantitative estimate of drug-likeness (QED) is 0.781. The molecule has 4 nitrogen and oxygen atoms in total. The Kier molecular flexibility index (Phi) is 4.47. The molecular weight excluding hydrogens is 300 g/mol. The van der Waals surface area contributed by atoms with Gasteiger partial charge in [-0.3, -0.25) is 9.78 Å². The van der Waals surface area contributed by atoms with Crippen molar-refractivity contribution in [2.45, 2.75) is 26.9 Å². The van der Waals surface area contributed by atoms with Gasteiger partial charge in [-0.05, 0) is 56.2 Å². The molecule has 0 saturated carbocycles. The second-order valence-corrected chi connectivity index (χ2v) is 5.95. The van der Waals surface area contributed by atoms with Crippen LogP contribution in [0.25, 0.3) is 10.9 Å². The molecule has 24 heavy (non-hydrogen) atoms. The number of ether oxygens (including phenoxy) is 1. The summed E-state index contributed by atoms with van der Waals surface area (Å²) in [6, 6.07) is 15.5. The van der Waals surface area contributed by atoms with E-state index in [4.69, 9.17) is 4.74 Å². The Hall–Kier alpha value is -2.88. The van der Waals surface area contributed by atoms with Gasteiger partial charge in [-0.15, -0.1) is 0 Å². The molecule has 4 heteroatoms. The molecule has 1 heterocycles. The molecule has 0 aliphatic heterocycles. The number of rotatable bonds is 4. The van der Waals surface area contributed by atoms with E-state index >= 15 is 0 Å². The third kappa shape index (κ3) is 3.54. The molecule has 0 bridgehead atoms. The van der Waals surface area contributed by atoms with Crippen LogP contribution in [0.1, 0.15) is 18.1 Å². The maximum absolute atomic E-state index is 12.5. The summed E-state index contributed by atoms with van der Waals surface area (Å²) < 4.78 is 5.79. The van der Waals surface area contributed by atoms with E-state index in [1.165, 1.54) is 0 Å². The number of carbonyl (C=O) groups excluding carboxylic acids is 1. The van der Waals surface area contributed by atoms with Crippen LogP contribution in [-0.4, -0.2) is 17.0 Å². The van der Waals surface area contributed by atoms with Gasteiger partial charge in [-0.2, -0.15) is 0 Å². The number of nitrogens with one attached hydrogen (secondary N) is 1. The lowest BCUT2D eigenvalue weighted by molar-refractivity contribution is -0.122. The van der Waals surface area contributed by atoms with Crippen LogP contribution < -0.4 is 10.1 Å². The highest BCUT2D eigenvalue weighted by molar-refractivity contribution is 6.01. The zero-order chi connectivity index (χ0) is 17.1. The van der Waals surface area contributed by atoms with Crippen LogP contribution in [0.2, 0.25) is 0 Å². The minimum atomic E-state index is -0.606. The Labute approximate surface area is 141 Å². The van der Waals surface area contributed by atoms with Crippen LogP contribution in [0.5, 0.6) is 5.75 Å². The average molecular weight is 320 g/mol. The van der Waals surface area contributed by atoms with Crippen LogP contribution in [-0.2, 0) is 4.79 Å². The zero-order valence-electron chi connectivity index (χ0n) is 14.0. The molecule has 1 atom stereocenters. The van der Waals surface area contributed by atoms with Gasteiger partial charge in [0, 0.05) is 11.6 Å². The number of hydrogen-bond donors (Lipinski definition) is 1. The molecule has 1 amide bonds. The second kappa shape index (κ2) is 6.71. The summed E-state index contributed by atoms with van der Waals surface area (Å²) in [5.41, 5.74) is 3.67. The lowest BCUT2D eigenvalue weighted by atomic mass is 10.1. The SMILES string of the molecule is Cc1cc(C)cc(O[C@@H](C)C(=O)Nc2cccc3cccnc23)c1. The molecule has 0 spiro atoms. The number of nitrogens with zero attached hydrogens (tertiary/aromatic N) is 1. The Balaban J connectivity index is 1.76. The topological polar surface area (TPSA) is 51.2 Å². The fraction of sp³-hybridized carbons (Fsp3) is 0.200. The minimum absolute atomic E-state index is 0.202. The highest BCUT2D eigenvalue weighted by atomic mass is 16.5. The number of anilines is 1. The van der Waals surface area contributed by atoms with Gasteiger partial charge in [0.15, 0.2) is 6.10 Å². The third-order valence-electron chi connectivity index (χ3n) is 3.77. The van der Waals surface area contributed by atoms with Crippen LogP contribution >= 0.6 is 0 Å². The first-order valence-electron chi connectivity index (χ1n) is 7.92. The number of para-hydroxylation sites is 1.